The summed E-state index contributed by atoms with van der Waals surface area (Å²) in [5.74, 6) is 0. The van der Waals surface area contributed by atoms with Crippen LogP contribution >= 0.6 is 23.9 Å². The van der Waals surface area contributed by atoms with Crippen LogP contribution in [0.5, 0.6) is 0 Å². The van der Waals surface area contributed by atoms with Gasteiger partial charge in [-0.1, -0.05) is 60.7 Å². The lowest BCUT2D eigenvalue weighted by molar-refractivity contribution is 1.12. The zero-order valence-electron chi connectivity index (χ0n) is 13.9. The lowest BCUT2D eigenvalue weighted by Crippen LogP contribution is -1.98. The van der Waals surface area contributed by atoms with Gasteiger partial charge in [0.1, 0.15) is 0 Å². The van der Waals surface area contributed by atoms with Gasteiger partial charge in [-0.25, -0.2) is 0 Å². The van der Waals surface area contributed by atoms with Crippen LogP contribution in [0.15, 0.2) is 78.0 Å². The molecule has 3 aromatic rings. The minimum Gasteiger partial charge on any atom is -0.135 e. The fraction of sp³-hybridized carbons (Fsp3) is 0.100. The Hall–Kier alpha value is -1.82. The molecule has 0 unspecified atom stereocenters. The van der Waals surface area contributed by atoms with Crippen LogP contribution in [0.2, 0.25) is 0 Å². The van der Waals surface area contributed by atoms with Gasteiger partial charge in [-0.2, -0.15) is 0 Å². The molecule has 0 fully saturated rings. The van der Waals surface area contributed by atoms with Gasteiger partial charge in [0.05, 0.1) is 21.1 Å². The molecule has 0 radical (unpaired) electrons. The zero-order chi connectivity index (χ0) is 17.2. The average molecular weight is 381 g/mol. The highest BCUT2D eigenvalue weighted by Gasteiger charge is 2.23. The zero-order valence-corrected chi connectivity index (χ0v) is 16.3. The third-order valence-corrected chi connectivity index (χ3v) is 6.98. The van der Waals surface area contributed by atoms with E-state index in [0.29, 0.717) is 0 Å². The maximum absolute atomic E-state index is 4.40. The minimum atomic E-state index is 1.22. The van der Waals surface area contributed by atoms with Crippen LogP contribution in [0.25, 0.3) is 22.3 Å². The predicted octanol–water partition coefficient (Wildman–Crippen LogP) is 7.12. The minimum absolute atomic E-state index is 1.22. The van der Waals surface area contributed by atoms with Crippen molar-refractivity contribution in [3.05, 3.63) is 71.8 Å². The average Bonchev–Trinajstić information content (AvgIpc) is 2.92. The summed E-state index contributed by atoms with van der Waals surface area (Å²) in [6, 6.07) is 21.3. The number of hydrogen-bond donors (Lipinski definition) is 0. The molecule has 0 bridgehead atoms. The first-order chi connectivity index (χ1) is 12.3. The van der Waals surface area contributed by atoms with E-state index in [1.807, 2.05) is 0 Å². The van der Waals surface area contributed by atoms with Crippen LogP contribution in [0.4, 0.5) is 0 Å². The van der Waals surface area contributed by atoms with Crippen LogP contribution in [0.3, 0.4) is 0 Å². The molecular weight excluding hydrogens is 364 g/mol. The number of fused-ring (bicyclic) bond motifs is 1. The largest absolute Gasteiger partial charge is 0.135 e. The fourth-order valence-electron chi connectivity index (χ4n) is 3.22. The normalized spacial score (nSPS) is 13.0. The number of nitrogens with zero attached hydrogens (tertiary/aromatic N) is 2. The highest BCUT2D eigenvalue weighted by Crippen LogP contribution is 2.48. The Morgan fingerprint density at radius 1 is 0.600 bits per heavy atom. The molecular formula is C20H16N2S3. The molecule has 0 spiro atoms. The molecule has 0 aromatic heterocycles. The van der Waals surface area contributed by atoms with Gasteiger partial charge >= 0.3 is 0 Å². The van der Waals surface area contributed by atoms with Crippen LogP contribution in [-0.2, 0) is 11.4 Å². The number of benzene rings is 3. The van der Waals surface area contributed by atoms with E-state index in [4.69, 9.17) is 0 Å². The molecule has 124 valence electrons. The fourth-order valence-corrected chi connectivity index (χ4v) is 5.61. The van der Waals surface area contributed by atoms with Gasteiger partial charge in [0.15, 0.2) is 0 Å². The summed E-state index contributed by atoms with van der Waals surface area (Å²) in [6.07, 6.45) is 0. The molecule has 0 saturated carbocycles. The van der Waals surface area contributed by atoms with Gasteiger partial charge < -0.3 is 0 Å². The number of rotatable bonds is 2. The van der Waals surface area contributed by atoms with Crippen LogP contribution in [0.1, 0.15) is 11.1 Å². The maximum Gasteiger partial charge on any atom is 0.0837 e. The Kier molecular flexibility index (Phi) is 4.79. The van der Waals surface area contributed by atoms with E-state index in [2.05, 4.69) is 82.0 Å². The first-order valence-corrected chi connectivity index (χ1v) is 10.2. The quantitative estimate of drug-likeness (QED) is 0.442. The van der Waals surface area contributed by atoms with Crippen LogP contribution in [-0.4, -0.2) is 0 Å². The summed E-state index contributed by atoms with van der Waals surface area (Å²) in [4.78, 5) is 2.43. The Morgan fingerprint density at radius 2 is 1.00 bits per heavy atom. The second kappa shape index (κ2) is 7.20. The van der Waals surface area contributed by atoms with Crippen molar-refractivity contribution in [2.75, 3.05) is 0 Å². The van der Waals surface area contributed by atoms with Crippen molar-refractivity contribution < 1.29 is 0 Å². The second-order valence-electron chi connectivity index (χ2n) is 5.80. The van der Waals surface area contributed by atoms with E-state index in [9.17, 15) is 0 Å². The van der Waals surface area contributed by atoms with Crippen molar-refractivity contribution in [3.63, 3.8) is 0 Å². The van der Waals surface area contributed by atoms with Crippen molar-refractivity contribution in [1.29, 1.82) is 0 Å². The van der Waals surface area contributed by atoms with E-state index in [-0.39, 0.29) is 0 Å². The van der Waals surface area contributed by atoms with Crippen LogP contribution in [0, 0.1) is 13.8 Å². The van der Waals surface area contributed by atoms with Crippen molar-refractivity contribution in [2.24, 2.45) is 7.54 Å². The first kappa shape index (κ1) is 16.6. The topological polar surface area (TPSA) is 24.7 Å². The predicted molar refractivity (Wildman–Crippen MR) is 111 cm³/mol. The first-order valence-electron chi connectivity index (χ1n) is 7.96. The molecule has 1 aliphatic rings. The van der Waals surface area contributed by atoms with E-state index < -0.39 is 0 Å². The molecule has 1 heterocycles. The highest BCUT2D eigenvalue weighted by molar-refractivity contribution is 8.06. The second-order valence-corrected chi connectivity index (χ2v) is 8.34. The van der Waals surface area contributed by atoms with Crippen molar-refractivity contribution >= 4 is 35.3 Å². The van der Waals surface area contributed by atoms with Crippen LogP contribution < -0.4 is 0 Å². The monoisotopic (exact) mass is 380 g/mol. The van der Waals surface area contributed by atoms with Gasteiger partial charge in [-0.15, -0.1) is 7.54 Å². The third-order valence-electron chi connectivity index (χ3n) is 4.34. The highest BCUT2D eigenvalue weighted by atomic mass is 32.2. The molecule has 3 aromatic carbocycles. The Labute approximate surface area is 160 Å². The lowest BCUT2D eigenvalue weighted by Gasteiger charge is -2.21. The van der Waals surface area contributed by atoms with Crippen molar-refractivity contribution in [3.8, 4) is 22.3 Å². The smallest absolute Gasteiger partial charge is 0.0837 e. The SMILES string of the molecule is Cc1c2c(c(C)c(-c3ccccc3)c1-c1ccccc1)SN=S=NS2. The molecule has 2 nitrogen and oxygen atoms in total. The van der Waals surface area contributed by atoms with Gasteiger partial charge in [-0.3, -0.25) is 0 Å². The third kappa shape index (κ3) is 3.08. The van der Waals surface area contributed by atoms with Crippen molar-refractivity contribution in [2.45, 2.75) is 23.6 Å². The summed E-state index contributed by atoms with van der Waals surface area (Å²) in [6.45, 7) is 4.40. The molecule has 25 heavy (non-hydrogen) atoms. The molecule has 0 saturated heterocycles. The summed E-state index contributed by atoms with van der Waals surface area (Å²) in [5.41, 5.74) is 7.60. The summed E-state index contributed by atoms with van der Waals surface area (Å²) in [5, 5.41) is 0. The molecule has 5 heteroatoms. The Balaban J connectivity index is 2.10. The van der Waals surface area contributed by atoms with E-state index in [1.54, 1.807) is 0 Å². The Bertz CT molecular complexity index is 914. The van der Waals surface area contributed by atoms with E-state index in [0.717, 1.165) is 0 Å². The summed E-state index contributed by atoms with van der Waals surface area (Å²) >= 11 is 4.34. The molecule has 0 amide bonds. The summed E-state index contributed by atoms with van der Waals surface area (Å²) < 4.78 is 8.79. The van der Waals surface area contributed by atoms with Gasteiger partial charge in [0.2, 0.25) is 0 Å². The molecule has 1 aliphatic heterocycles. The van der Waals surface area contributed by atoms with E-state index in [1.165, 1.54) is 78.4 Å². The summed E-state index contributed by atoms with van der Waals surface area (Å²) in [7, 11) is 0. The maximum atomic E-state index is 4.40. The van der Waals surface area contributed by atoms with Crippen molar-refractivity contribution in [1.82, 2.24) is 0 Å². The standard InChI is InChI=1S/C20H16N2S3/c1-13-17(15-9-5-3-6-10-15)18(16-11-7-4-8-12-16)14(2)20-19(13)23-21-25-22-24-20/h3-12H,1-2H3. The molecule has 0 atom stereocenters. The van der Waals surface area contributed by atoms with Gasteiger partial charge in [-0.05, 0) is 47.2 Å². The van der Waals surface area contributed by atoms with E-state index >= 15 is 0 Å². The molecule has 0 aliphatic carbocycles. The molecule has 4 rings (SSSR count). The lowest BCUT2D eigenvalue weighted by atomic mass is 9.87. The Morgan fingerprint density at radius 3 is 1.40 bits per heavy atom. The molecule has 0 N–H and O–H groups in total. The number of hydrogen-bond acceptors (Lipinski definition) is 4. The van der Waals surface area contributed by atoms with Gasteiger partial charge in [0, 0.05) is 23.9 Å². The van der Waals surface area contributed by atoms with Gasteiger partial charge in [0.25, 0.3) is 0 Å².